The number of fused-ring (bicyclic) bond motifs is 4. The number of hydrogen-bond donors (Lipinski definition) is 0. The van der Waals surface area contributed by atoms with E-state index >= 15 is 0 Å². The molecule has 0 saturated heterocycles. The monoisotopic (exact) mass is 351 g/mol. The zero-order valence-corrected chi connectivity index (χ0v) is 15.9. The maximum atomic E-state index is 5.92. The van der Waals surface area contributed by atoms with Crippen LogP contribution in [0.25, 0.3) is 21.5 Å². The van der Waals surface area contributed by atoms with Gasteiger partial charge in [-0.3, -0.25) is 0 Å². The first-order chi connectivity index (χ1) is 12.2. The highest BCUT2D eigenvalue weighted by molar-refractivity contribution is 7.19. The molecule has 2 nitrogen and oxygen atoms in total. The zero-order valence-electron chi connectivity index (χ0n) is 15.1. The summed E-state index contributed by atoms with van der Waals surface area (Å²) in [5.74, 6) is 2.63. The van der Waals surface area contributed by atoms with E-state index in [-0.39, 0.29) is 0 Å². The van der Waals surface area contributed by atoms with Gasteiger partial charge in [0.05, 0.1) is 6.26 Å². The standard InChI is InChI=1S/C22H25NOS/c1-3-14-7-9-17-16(12-14)20(18-5-4-10-24-18)21-15-8-6-13(2)11-19(15)25-22(21)23-17/h4-5,10,13-14H,3,6-9,11-12H2,1-2H3/t13-,14-/m1/s1. The van der Waals surface area contributed by atoms with Crippen LogP contribution in [0.15, 0.2) is 22.8 Å². The van der Waals surface area contributed by atoms with Crippen molar-refractivity contribution in [3.63, 3.8) is 0 Å². The van der Waals surface area contributed by atoms with Gasteiger partial charge in [-0.1, -0.05) is 20.3 Å². The van der Waals surface area contributed by atoms with E-state index in [0.717, 1.165) is 30.4 Å². The summed E-state index contributed by atoms with van der Waals surface area (Å²) >= 11 is 1.94. The molecule has 0 aliphatic heterocycles. The van der Waals surface area contributed by atoms with Gasteiger partial charge in [0.15, 0.2) is 0 Å². The van der Waals surface area contributed by atoms with Gasteiger partial charge in [-0.25, -0.2) is 4.98 Å². The minimum atomic E-state index is 0.787. The van der Waals surface area contributed by atoms with Crippen molar-refractivity contribution in [3.05, 3.63) is 40.1 Å². The molecule has 0 radical (unpaired) electrons. The van der Waals surface area contributed by atoms with E-state index in [9.17, 15) is 0 Å². The number of aryl methyl sites for hydroxylation is 2. The Morgan fingerprint density at radius 1 is 1.20 bits per heavy atom. The quantitative estimate of drug-likeness (QED) is 0.549. The molecule has 2 atom stereocenters. The van der Waals surface area contributed by atoms with Gasteiger partial charge in [0, 0.05) is 21.5 Å². The molecule has 0 N–H and O–H groups in total. The average molecular weight is 352 g/mol. The predicted octanol–water partition coefficient (Wildman–Crippen LogP) is 6.20. The highest BCUT2D eigenvalue weighted by atomic mass is 32.1. The van der Waals surface area contributed by atoms with Crippen LogP contribution < -0.4 is 0 Å². The first-order valence-electron chi connectivity index (χ1n) is 9.74. The third-order valence-electron chi connectivity index (χ3n) is 6.26. The molecule has 130 valence electrons. The summed E-state index contributed by atoms with van der Waals surface area (Å²) in [5.41, 5.74) is 5.74. The molecule has 5 rings (SSSR count). The van der Waals surface area contributed by atoms with E-state index < -0.39 is 0 Å². The van der Waals surface area contributed by atoms with Crippen LogP contribution in [0, 0.1) is 11.8 Å². The molecular formula is C22H25NOS. The molecular weight excluding hydrogens is 326 g/mol. The average Bonchev–Trinajstić information content (AvgIpc) is 3.26. The number of rotatable bonds is 2. The second-order valence-corrected chi connectivity index (χ2v) is 9.02. The molecule has 3 heteroatoms. The molecule has 0 spiro atoms. The molecule has 0 fully saturated rings. The van der Waals surface area contributed by atoms with Crippen molar-refractivity contribution < 1.29 is 4.42 Å². The van der Waals surface area contributed by atoms with Gasteiger partial charge in [-0.2, -0.15) is 0 Å². The van der Waals surface area contributed by atoms with Crippen LogP contribution in [0.5, 0.6) is 0 Å². The fourth-order valence-electron chi connectivity index (χ4n) is 4.76. The normalized spacial score (nSPS) is 22.8. The fraction of sp³-hybridized carbons (Fsp3) is 0.500. The van der Waals surface area contributed by atoms with Gasteiger partial charge < -0.3 is 4.42 Å². The van der Waals surface area contributed by atoms with E-state index in [0.29, 0.717) is 0 Å². The Labute approximate surface area is 153 Å². The lowest BCUT2D eigenvalue weighted by molar-refractivity contribution is 0.440. The Morgan fingerprint density at radius 3 is 2.92 bits per heavy atom. The molecule has 3 heterocycles. The van der Waals surface area contributed by atoms with Crippen LogP contribution in [0.1, 0.15) is 54.8 Å². The van der Waals surface area contributed by atoms with Gasteiger partial charge in [0.2, 0.25) is 0 Å². The lowest BCUT2D eigenvalue weighted by Crippen LogP contribution is -2.16. The molecule has 3 aromatic heterocycles. The third kappa shape index (κ3) is 2.47. The summed E-state index contributed by atoms with van der Waals surface area (Å²) in [4.78, 5) is 7.98. The van der Waals surface area contributed by atoms with Crippen molar-refractivity contribution in [1.82, 2.24) is 4.98 Å². The Hall–Kier alpha value is -1.61. The summed E-state index contributed by atoms with van der Waals surface area (Å²) < 4.78 is 5.92. The number of furan rings is 1. The minimum Gasteiger partial charge on any atom is -0.464 e. The van der Waals surface area contributed by atoms with Crippen molar-refractivity contribution in [2.75, 3.05) is 0 Å². The van der Waals surface area contributed by atoms with Crippen LogP contribution in [-0.2, 0) is 25.7 Å². The van der Waals surface area contributed by atoms with Gasteiger partial charge >= 0.3 is 0 Å². The third-order valence-corrected chi connectivity index (χ3v) is 7.41. The van der Waals surface area contributed by atoms with Crippen LogP contribution in [0.3, 0.4) is 0 Å². The highest BCUT2D eigenvalue weighted by Gasteiger charge is 2.29. The van der Waals surface area contributed by atoms with Gasteiger partial charge in [0.1, 0.15) is 10.6 Å². The first-order valence-corrected chi connectivity index (χ1v) is 10.6. The summed E-state index contributed by atoms with van der Waals surface area (Å²) in [5, 5.41) is 1.41. The smallest absolute Gasteiger partial charge is 0.134 e. The van der Waals surface area contributed by atoms with Crippen molar-refractivity contribution in [2.24, 2.45) is 11.8 Å². The summed E-state index contributed by atoms with van der Waals surface area (Å²) in [6.07, 6.45) is 10.3. The topological polar surface area (TPSA) is 26.0 Å². The van der Waals surface area contributed by atoms with Crippen molar-refractivity contribution in [2.45, 2.75) is 58.8 Å². The van der Waals surface area contributed by atoms with E-state index in [1.54, 1.807) is 10.4 Å². The second kappa shape index (κ2) is 5.98. The maximum absolute atomic E-state index is 5.92. The number of aromatic nitrogens is 1. The van der Waals surface area contributed by atoms with E-state index in [2.05, 4.69) is 19.9 Å². The van der Waals surface area contributed by atoms with Crippen LogP contribution in [-0.4, -0.2) is 4.98 Å². The fourth-order valence-corrected chi connectivity index (χ4v) is 6.17. The maximum Gasteiger partial charge on any atom is 0.134 e. The summed E-state index contributed by atoms with van der Waals surface area (Å²) in [6.45, 7) is 4.70. The second-order valence-electron chi connectivity index (χ2n) is 7.94. The Morgan fingerprint density at radius 2 is 2.12 bits per heavy atom. The van der Waals surface area contributed by atoms with Gasteiger partial charge in [0.25, 0.3) is 0 Å². The van der Waals surface area contributed by atoms with E-state index in [1.165, 1.54) is 59.1 Å². The molecule has 3 aromatic rings. The molecule has 0 aromatic carbocycles. The van der Waals surface area contributed by atoms with Crippen molar-refractivity contribution in [1.29, 1.82) is 0 Å². The largest absolute Gasteiger partial charge is 0.464 e. The highest BCUT2D eigenvalue weighted by Crippen LogP contribution is 2.46. The Bertz CT molecular complexity index is 922. The Kier molecular flexibility index (Phi) is 3.74. The lowest BCUT2D eigenvalue weighted by Gasteiger charge is -2.25. The summed E-state index contributed by atoms with van der Waals surface area (Å²) in [6, 6.07) is 4.16. The number of pyridine rings is 1. The SMILES string of the molecule is CC[C@@H]1CCc2nc3sc4c(c3c(-c3ccco3)c2C1)CC[C@@H](C)C4. The van der Waals surface area contributed by atoms with E-state index in [4.69, 9.17) is 9.40 Å². The van der Waals surface area contributed by atoms with E-state index in [1.807, 2.05) is 23.7 Å². The minimum absolute atomic E-state index is 0.787. The van der Waals surface area contributed by atoms with Crippen molar-refractivity contribution in [3.8, 4) is 11.3 Å². The number of hydrogen-bond acceptors (Lipinski definition) is 3. The molecule has 2 aliphatic carbocycles. The number of thiophene rings is 1. The lowest BCUT2D eigenvalue weighted by atomic mass is 9.80. The number of nitrogens with zero attached hydrogens (tertiary/aromatic N) is 1. The van der Waals surface area contributed by atoms with Gasteiger partial charge in [-0.15, -0.1) is 11.3 Å². The first kappa shape index (κ1) is 15.6. The van der Waals surface area contributed by atoms with Gasteiger partial charge in [-0.05, 0) is 73.6 Å². The molecule has 25 heavy (non-hydrogen) atoms. The molecule has 0 unspecified atom stereocenters. The predicted molar refractivity (Wildman–Crippen MR) is 104 cm³/mol. The summed E-state index contributed by atoms with van der Waals surface area (Å²) in [7, 11) is 0. The van der Waals surface area contributed by atoms with Crippen LogP contribution in [0.4, 0.5) is 0 Å². The molecule has 2 aliphatic rings. The molecule has 0 bridgehead atoms. The molecule has 0 saturated carbocycles. The van der Waals surface area contributed by atoms with Crippen LogP contribution in [0.2, 0.25) is 0 Å². The zero-order chi connectivity index (χ0) is 17.0. The van der Waals surface area contributed by atoms with Crippen LogP contribution >= 0.6 is 11.3 Å². The molecule has 0 amide bonds. The Balaban J connectivity index is 1.81. The van der Waals surface area contributed by atoms with Crippen molar-refractivity contribution >= 4 is 21.6 Å².